The summed E-state index contributed by atoms with van der Waals surface area (Å²) in [7, 11) is 0. The number of hydrogen-bond acceptors (Lipinski definition) is 5. The maximum atomic E-state index is 12.8. The van der Waals surface area contributed by atoms with E-state index in [0.717, 1.165) is 17.4 Å². The second kappa shape index (κ2) is 7.25. The zero-order valence-corrected chi connectivity index (χ0v) is 14.7. The van der Waals surface area contributed by atoms with Crippen molar-refractivity contribution in [2.24, 2.45) is 5.92 Å². The predicted molar refractivity (Wildman–Crippen MR) is 96.9 cm³/mol. The summed E-state index contributed by atoms with van der Waals surface area (Å²) in [5.41, 5.74) is 2.60. The fourth-order valence-electron chi connectivity index (χ4n) is 3.33. The Bertz CT molecular complexity index is 904. The molecule has 1 fully saturated rings. The van der Waals surface area contributed by atoms with Gasteiger partial charge in [0.1, 0.15) is 11.4 Å². The Kier molecular flexibility index (Phi) is 4.67. The van der Waals surface area contributed by atoms with Crippen LogP contribution in [0, 0.1) is 12.8 Å². The summed E-state index contributed by atoms with van der Waals surface area (Å²) in [6.45, 7) is 4.24. The molecular weight excluding hydrogens is 330 g/mol. The number of aryl methyl sites for hydroxylation is 1. The van der Waals surface area contributed by atoms with Gasteiger partial charge in [0.15, 0.2) is 0 Å². The van der Waals surface area contributed by atoms with Gasteiger partial charge in [-0.2, -0.15) is 0 Å². The molecular formula is C20H21N3O3. The molecule has 0 spiro atoms. The lowest BCUT2D eigenvalue weighted by molar-refractivity contribution is 0.0736. The molecule has 3 aromatic rings. The lowest BCUT2D eigenvalue weighted by Gasteiger charge is -2.23. The van der Waals surface area contributed by atoms with E-state index in [1.807, 2.05) is 11.0 Å². The first kappa shape index (κ1) is 16.7. The molecule has 4 rings (SSSR count). The molecule has 0 aliphatic carbocycles. The second-order valence-corrected chi connectivity index (χ2v) is 6.71. The van der Waals surface area contributed by atoms with Crippen LogP contribution in [0.3, 0.4) is 0 Å². The Morgan fingerprint density at radius 1 is 1.27 bits per heavy atom. The summed E-state index contributed by atoms with van der Waals surface area (Å²) in [5, 5.41) is 1.10. The van der Waals surface area contributed by atoms with E-state index in [2.05, 4.69) is 28.2 Å². The first-order valence-electron chi connectivity index (χ1n) is 8.81. The molecule has 1 amide bonds. The fraction of sp³-hybridized carbons (Fsp3) is 0.350. The summed E-state index contributed by atoms with van der Waals surface area (Å²) < 4.78 is 11.2. The third-order valence-corrected chi connectivity index (χ3v) is 4.70. The largest absolute Gasteiger partial charge is 0.464 e. The molecule has 6 nitrogen and oxygen atoms in total. The van der Waals surface area contributed by atoms with Crippen LogP contribution in [-0.2, 0) is 11.2 Å². The molecule has 1 saturated heterocycles. The van der Waals surface area contributed by atoms with Crippen molar-refractivity contribution in [1.82, 2.24) is 14.9 Å². The number of furan rings is 1. The third kappa shape index (κ3) is 3.60. The molecule has 6 heteroatoms. The highest BCUT2D eigenvalue weighted by atomic mass is 16.5. The van der Waals surface area contributed by atoms with E-state index in [9.17, 15) is 4.79 Å². The first-order chi connectivity index (χ1) is 12.7. The van der Waals surface area contributed by atoms with Gasteiger partial charge in [0.05, 0.1) is 25.0 Å². The maximum absolute atomic E-state index is 12.8. The van der Waals surface area contributed by atoms with Gasteiger partial charge >= 0.3 is 0 Å². The fourth-order valence-corrected chi connectivity index (χ4v) is 3.33. The molecule has 26 heavy (non-hydrogen) atoms. The Morgan fingerprint density at radius 2 is 2.12 bits per heavy atom. The summed E-state index contributed by atoms with van der Waals surface area (Å²) >= 11 is 0. The van der Waals surface area contributed by atoms with Crippen molar-refractivity contribution in [1.29, 1.82) is 0 Å². The minimum atomic E-state index is -0.0398. The van der Waals surface area contributed by atoms with Crippen LogP contribution in [0.4, 0.5) is 0 Å². The number of hydrogen-bond donors (Lipinski definition) is 0. The van der Waals surface area contributed by atoms with Crippen molar-refractivity contribution >= 4 is 16.9 Å². The molecule has 0 N–H and O–H groups in total. The highest BCUT2D eigenvalue weighted by Crippen LogP contribution is 2.21. The standard InChI is InChI=1S/C20H21N3O3/c1-14-21-10-18(11-22-14)20(24)23-5-7-25-13-16(12-23)8-15-2-3-17-4-6-26-19(17)9-15/h2-4,6,9-11,16H,5,7-8,12-13H2,1H3/t16-/m1/s1. The lowest BCUT2D eigenvalue weighted by Crippen LogP contribution is -2.36. The van der Waals surface area contributed by atoms with Gasteiger partial charge in [-0.3, -0.25) is 4.79 Å². The Hall–Kier alpha value is -2.73. The van der Waals surface area contributed by atoms with Crippen LogP contribution >= 0.6 is 0 Å². The van der Waals surface area contributed by atoms with E-state index in [4.69, 9.17) is 9.15 Å². The number of ether oxygens (including phenoxy) is 1. The van der Waals surface area contributed by atoms with Crippen molar-refractivity contribution in [3.8, 4) is 0 Å². The monoisotopic (exact) mass is 351 g/mol. The molecule has 134 valence electrons. The van der Waals surface area contributed by atoms with Crippen LogP contribution < -0.4 is 0 Å². The molecule has 1 aromatic carbocycles. The molecule has 1 atom stereocenters. The van der Waals surface area contributed by atoms with Gasteiger partial charge in [-0.05, 0) is 31.0 Å². The number of carbonyl (C=O) groups excluding carboxylic acids is 1. The van der Waals surface area contributed by atoms with Crippen molar-refractivity contribution in [3.05, 3.63) is 59.9 Å². The van der Waals surface area contributed by atoms with Crippen LogP contribution in [0.5, 0.6) is 0 Å². The third-order valence-electron chi connectivity index (χ3n) is 4.70. The summed E-state index contributed by atoms with van der Waals surface area (Å²) in [4.78, 5) is 22.9. The average molecular weight is 351 g/mol. The normalized spacial score (nSPS) is 18.0. The lowest BCUT2D eigenvalue weighted by atomic mass is 9.98. The molecule has 1 aliphatic heterocycles. The summed E-state index contributed by atoms with van der Waals surface area (Å²) in [6, 6.07) is 8.21. The number of carbonyl (C=O) groups is 1. The number of amides is 1. The van der Waals surface area contributed by atoms with E-state index in [1.165, 1.54) is 5.56 Å². The first-order valence-corrected chi connectivity index (χ1v) is 8.81. The molecule has 2 aromatic heterocycles. The van der Waals surface area contributed by atoms with Gasteiger partial charge in [0.2, 0.25) is 0 Å². The highest BCUT2D eigenvalue weighted by molar-refractivity contribution is 5.93. The number of aromatic nitrogens is 2. The minimum absolute atomic E-state index is 0.0398. The van der Waals surface area contributed by atoms with Crippen molar-refractivity contribution in [2.75, 3.05) is 26.3 Å². The quantitative estimate of drug-likeness (QED) is 0.726. The van der Waals surface area contributed by atoms with E-state index >= 15 is 0 Å². The summed E-state index contributed by atoms with van der Waals surface area (Å²) in [6.07, 6.45) is 5.73. The zero-order valence-electron chi connectivity index (χ0n) is 14.7. The molecule has 1 aliphatic rings. The minimum Gasteiger partial charge on any atom is -0.464 e. The van der Waals surface area contributed by atoms with Gasteiger partial charge in [-0.1, -0.05) is 12.1 Å². The van der Waals surface area contributed by atoms with Gasteiger partial charge in [0.25, 0.3) is 5.91 Å². The van der Waals surface area contributed by atoms with Crippen LogP contribution in [0.2, 0.25) is 0 Å². The second-order valence-electron chi connectivity index (χ2n) is 6.71. The molecule has 0 bridgehead atoms. The predicted octanol–water partition coefficient (Wildman–Crippen LogP) is 2.86. The topological polar surface area (TPSA) is 68.5 Å². The van der Waals surface area contributed by atoms with Gasteiger partial charge in [-0.15, -0.1) is 0 Å². The molecule has 0 saturated carbocycles. The number of benzene rings is 1. The van der Waals surface area contributed by atoms with E-state index in [-0.39, 0.29) is 11.8 Å². The molecule has 3 heterocycles. The van der Waals surface area contributed by atoms with E-state index in [0.29, 0.717) is 37.7 Å². The van der Waals surface area contributed by atoms with Crippen LogP contribution in [0.15, 0.2) is 47.3 Å². The molecule has 0 radical (unpaired) electrons. The van der Waals surface area contributed by atoms with Gasteiger partial charge in [-0.25, -0.2) is 9.97 Å². The number of rotatable bonds is 3. The van der Waals surface area contributed by atoms with Crippen LogP contribution in [0.25, 0.3) is 11.0 Å². The molecule has 0 unspecified atom stereocenters. The number of fused-ring (bicyclic) bond motifs is 1. The zero-order chi connectivity index (χ0) is 17.9. The van der Waals surface area contributed by atoms with Crippen molar-refractivity contribution in [3.63, 3.8) is 0 Å². The van der Waals surface area contributed by atoms with Crippen LogP contribution in [0.1, 0.15) is 21.7 Å². The highest BCUT2D eigenvalue weighted by Gasteiger charge is 2.24. The van der Waals surface area contributed by atoms with E-state index < -0.39 is 0 Å². The van der Waals surface area contributed by atoms with Gasteiger partial charge in [0, 0.05) is 36.8 Å². The smallest absolute Gasteiger partial charge is 0.257 e. The van der Waals surface area contributed by atoms with Crippen molar-refractivity contribution in [2.45, 2.75) is 13.3 Å². The SMILES string of the molecule is Cc1ncc(C(=O)N2CCOC[C@H](Cc3ccc4ccoc4c3)C2)cn1. The van der Waals surface area contributed by atoms with Crippen LogP contribution in [-0.4, -0.2) is 47.1 Å². The van der Waals surface area contributed by atoms with Gasteiger partial charge < -0.3 is 14.1 Å². The Balaban J connectivity index is 1.48. The maximum Gasteiger partial charge on any atom is 0.257 e. The van der Waals surface area contributed by atoms with E-state index in [1.54, 1.807) is 25.6 Å². The Labute approximate surface area is 151 Å². The Morgan fingerprint density at radius 3 is 2.96 bits per heavy atom. The number of nitrogens with zero attached hydrogens (tertiary/aromatic N) is 3. The summed E-state index contributed by atoms with van der Waals surface area (Å²) in [5.74, 6) is 0.856. The average Bonchev–Trinajstić information content (AvgIpc) is 2.99. The van der Waals surface area contributed by atoms with Crippen molar-refractivity contribution < 1.29 is 13.9 Å².